The number of carbonyl (C=O) groups excluding carboxylic acids is 2. The summed E-state index contributed by atoms with van der Waals surface area (Å²) in [5.74, 6) is -0.355. The Hall–Kier alpha value is -2.33. The minimum Gasteiger partial charge on any atom is -0.349 e. The van der Waals surface area contributed by atoms with Crippen LogP contribution in [0.2, 0.25) is 5.02 Å². The van der Waals surface area contributed by atoms with Crippen LogP contribution in [0.15, 0.2) is 36.4 Å². The lowest BCUT2D eigenvalue weighted by Crippen LogP contribution is -2.25. The van der Waals surface area contributed by atoms with Gasteiger partial charge < -0.3 is 10.6 Å². The lowest BCUT2D eigenvalue weighted by Gasteiger charge is -2.12. The van der Waals surface area contributed by atoms with Crippen molar-refractivity contribution >= 4 is 29.1 Å². The Morgan fingerprint density at radius 2 is 1.71 bits per heavy atom. The number of hydrogen-bond donors (Lipinski definition) is 2. The van der Waals surface area contributed by atoms with Crippen molar-refractivity contribution in [1.82, 2.24) is 5.32 Å². The normalized spacial score (nSPS) is 13.5. The zero-order valence-corrected chi connectivity index (χ0v) is 14.4. The van der Waals surface area contributed by atoms with Crippen molar-refractivity contribution in [1.29, 1.82) is 0 Å². The maximum Gasteiger partial charge on any atom is 0.256 e. The molecule has 0 saturated heterocycles. The number of halogens is 1. The van der Waals surface area contributed by atoms with Crippen molar-refractivity contribution < 1.29 is 9.59 Å². The molecule has 0 heterocycles. The fourth-order valence-corrected chi connectivity index (χ4v) is 2.90. The first-order chi connectivity index (χ1) is 11.5. The molecule has 1 saturated carbocycles. The van der Waals surface area contributed by atoms with E-state index in [4.69, 9.17) is 11.6 Å². The Balaban J connectivity index is 1.77. The van der Waals surface area contributed by atoms with Gasteiger partial charge in [-0.15, -0.1) is 0 Å². The largest absolute Gasteiger partial charge is 0.349 e. The molecule has 2 aromatic rings. The number of amides is 2. The molecular weight excluding hydrogens is 324 g/mol. The number of rotatable bonds is 4. The number of benzene rings is 2. The van der Waals surface area contributed by atoms with Crippen LogP contribution in [-0.4, -0.2) is 17.9 Å². The minimum absolute atomic E-state index is 0.171. The molecule has 0 unspecified atom stereocenters. The van der Waals surface area contributed by atoms with Gasteiger partial charge in [-0.1, -0.05) is 29.8 Å². The molecule has 3 rings (SSSR count). The van der Waals surface area contributed by atoms with E-state index in [-0.39, 0.29) is 17.9 Å². The zero-order chi connectivity index (χ0) is 17.3. The van der Waals surface area contributed by atoms with Crippen molar-refractivity contribution in [2.24, 2.45) is 0 Å². The number of hydrogen-bond acceptors (Lipinski definition) is 2. The molecule has 0 atom stereocenters. The average molecular weight is 343 g/mol. The number of aryl methyl sites for hydroxylation is 2. The fourth-order valence-electron chi connectivity index (χ4n) is 2.63. The molecule has 0 aliphatic heterocycles. The second-order valence-corrected chi connectivity index (χ2v) is 6.57. The Bertz CT molecular complexity index is 793. The van der Waals surface area contributed by atoms with Crippen LogP contribution in [0.25, 0.3) is 0 Å². The van der Waals surface area contributed by atoms with Crippen LogP contribution < -0.4 is 10.6 Å². The first kappa shape index (κ1) is 16.5. The van der Waals surface area contributed by atoms with Gasteiger partial charge in [-0.05, 0) is 56.0 Å². The molecule has 0 spiro atoms. The van der Waals surface area contributed by atoms with Crippen molar-refractivity contribution in [2.75, 3.05) is 5.32 Å². The number of nitrogens with one attached hydrogen (secondary N) is 2. The molecule has 2 amide bonds. The molecule has 24 heavy (non-hydrogen) atoms. The third-order valence-electron chi connectivity index (χ3n) is 4.09. The molecule has 0 aromatic heterocycles. The van der Waals surface area contributed by atoms with E-state index in [1.807, 2.05) is 32.0 Å². The highest BCUT2D eigenvalue weighted by molar-refractivity contribution is 6.34. The summed E-state index contributed by atoms with van der Waals surface area (Å²) in [6, 6.07) is 10.9. The molecule has 1 aliphatic rings. The third kappa shape index (κ3) is 3.60. The predicted octanol–water partition coefficient (Wildman–Crippen LogP) is 4.10. The quantitative estimate of drug-likeness (QED) is 0.878. The highest BCUT2D eigenvalue weighted by Gasteiger charge is 2.24. The maximum absolute atomic E-state index is 12.5. The van der Waals surface area contributed by atoms with Gasteiger partial charge in [0.25, 0.3) is 11.8 Å². The lowest BCUT2D eigenvalue weighted by molar-refractivity contribution is 0.0950. The van der Waals surface area contributed by atoms with E-state index in [0.717, 1.165) is 24.0 Å². The highest BCUT2D eigenvalue weighted by atomic mass is 35.5. The van der Waals surface area contributed by atoms with Gasteiger partial charge in [0.2, 0.25) is 0 Å². The first-order valence-electron chi connectivity index (χ1n) is 7.93. The molecule has 124 valence electrons. The molecule has 0 radical (unpaired) electrons. The van der Waals surface area contributed by atoms with E-state index in [0.29, 0.717) is 21.8 Å². The summed E-state index contributed by atoms with van der Waals surface area (Å²) in [5.41, 5.74) is 3.48. The van der Waals surface area contributed by atoms with Crippen LogP contribution in [-0.2, 0) is 0 Å². The summed E-state index contributed by atoms with van der Waals surface area (Å²) >= 11 is 6.21. The second kappa shape index (κ2) is 6.65. The van der Waals surface area contributed by atoms with Crippen LogP contribution >= 0.6 is 11.6 Å². The molecule has 2 N–H and O–H groups in total. The van der Waals surface area contributed by atoms with Crippen molar-refractivity contribution in [3.63, 3.8) is 0 Å². The summed E-state index contributed by atoms with van der Waals surface area (Å²) in [5, 5.41) is 6.07. The van der Waals surface area contributed by atoms with Gasteiger partial charge in [-0.3, -0.25) is 9.59 Å². The van der Waals surface area contributed by atoms with Gasteiger partial charge in [0, 0.05) is 17.3 Å². The van der Waals surface area contributed by atoms with Crippen molar-refractivity contribution in [3.05, 3.63) is 63.7 Å². The standard InChI is InChI=1S/C19H19ClN2O2/c1-11-4-3-5-12(2)17(11)19(24)22-14-8-9-15(16(20)10-14)18(23)21-13-6-7-13/h3-5,8-10,13H,6-7H2,1-2H3,(H,21,23)(H,22,24). The van der Waals surface area contributed by atoms with Gasteiger partial charge in [-0.2, -0.15) is 0 Å². The van der Waals surface area contributed by atoms with Gasteiger partial charge in [-0.25, -0.2) is 0 Å². The van der Waals surface area contributed by atoms with Crippen LogP contribution in [0.1, 0.15) is 44.7 Å². The van der Waals surface area contributed by atoms with E-state index in [1.165, 1.54) is 0 Å². The summed E-state index contributed by atoms with van der Waals surface area (Å²) in [6.45, 7) is 3.81. The molecule has 1 aliphatic carbocycles. The second-order valence-electron chi connectivity index (χ2n) is 6.16. The van der Waals surface area contributed by atoms with Gasteiger partial charge >= 0.3 is 0 Å². The Labute approximate surface area is 146 Å². The van der Waals surface area contributed by atoms with Gasteiger partial charge in [0.1, 0.15) is 0 Å². The smallest absolute Gasteiger partial charge is 0.256 e. The van der Waals surface area contributed by atoms with E-state index in [1.54, 1.807) is 18.2 Å². The Morgan fingerprint density at radius 3 is 2.29 bits per heavy atom. The van der Waals surface area contributed by atoms with Crippen molar-refractivity contribution in [2.45, 2.75) is 32.7 Å². The topological polar surface area (TPSA) is 58.2 Å². The minimum atomic E-state index is -0.183. The molecule has 1 fully saturated rings. The van der Waals surface area contributed by atoms with Gasteiger partial charge in [0.15, 0.2) is 0 Å². The fraction of sp³-hybridized carbons (Fsp3) is 0.263. The Morgan fingerprint density at radius 1 is 1.04 bits per heavy atom. The summed E-state index contributed by atoms with van der Waals surface area (Å²) < 4.78 is 0. The third-order valence-corrected chi connectivity index (χ3v) is 4.41. The predicted molar refractivity (Wildman–Crippen MR) is 95.8 cm³/mol. The first-order valence-corrected chi connectivity index (χ1v) is 8.31. The molecule has 4 nitrogen and oxygen atoms in total. The lowest BCUT2D eigenvalue weighted by atomic mass is 10.0. The zero-order valence-electron chi connectivity index (χ0n) is 13.7. The van der Waals surface area contributed by atoms with E-state index in [2.05, 4.69) is 10.6 Å². The molecule has 5 heteroatoms. The number of carbonyl (C=O) groups is 2. The van der Waals surface area contributed by atoms with E-state index >= 15 is 0 Å². The monoisotopic (exact) mass is 342 g/mol. The van der Waals surface area contributed by atoms with Crippen LogP contribution in [0.4, 0.5) is 5.69 Å². The van der Waals surface area contributed by atoms with Crippen molar-refractivity contribution in [3.8, 4) is 0 Å². The molecule has 0 bridgehead atoms. The SMILES string of the molecule is Cc1cccc(C)c1C(=O)Nc1ccc(C(=O)NC2CC2)c(Cl)c1. The van der Waals surface area contributed by atoms with E-state index in [9.17, 15) is 9.59 Å². The molecular formula is C19H19ClN2O2. The van der Waals surface area contributed by atoms with E-state index < -0.39 is 0 Å². The molecule has 2 aromatic carbocycles. The van der Waals surface area contributed by atoms with Crippen LogP contribution in [0.5, 0.6) is 0 Å². The van der Waals surface area contributed by atoms with Crippen LogP contribution in [0.3, 0.4) is 0 Å². The summed E-state index contributed by atoms with van der Waals surface area (Å²) in [6.07, 6.45) is 2.04. The summed E-state index contributed by atoms with van der Waals surface area (Å²) in [4.78, 5) is 24.6. The highest BCUT2D eigenvalue weighted by Crippen LogP contribution is 2.24. The maximum atomic E-state index is 12.5. The number of anilines is 1. The average Bonchev–Trinajstić information content (AvgIpc) is 3.31. The van der Waals surface area contributed by atoms with Crippen LogP contribution in [0, 0.1) is 13.8 Å². The summed E-state index contributed by atoms with van der Waals surface area (Å²) in [7, 11) is 0. The Kier molecular flexibility index (Phi) is 4.58. The van der Waals surface area contributed by atoms with Gasteiger partial charge in [0.05, 0.1) is 10.6 Å².